The molecule has 0 saturated carbocycles. The molecule has 19 heavy (non-hydrogen) atoms. The fourth-order valence-corrected chi connectivity index (χ4v) is 4.12. The van der Waals surface area contributed by atoms with E-state index in [2.05, 4.69) is 10.2 Å². The van der Waals surface area contributed by atoms with Crippen LogP contribution in [0.4, 0.5) is 4.39 Å². The van der Waals surface area contributed by atoms with E-state index in [-0.39, 0.29) is 5.82 Å². The van der Waals surface area contributed by atoms with Gasteiger partial charge >= 0.3 is 0 Å². The van der Waals surface area contributed by atoms with Gasteiger partial charge < -0.3 is 10.2 Å². The highest BCUT2D eigenvalue weighted by Gasteiger charge is 2.33. The first-order chi connectivity index (χ1) is 9.33. The van der Waals surface area contributed by atoms with Crippen LogP contribution in [0.1, 0.15) is 12.8 Å². The molecule has 0 radical (unpaired) electrons. The molecule has 0 aromatic heterocycles. The molecule has 2 heterocycles. The van der Waals surface area contributed by atoms with Crippen molar-refractivity contribution in [2.75, 3.05) is 31.9 Å². The van der Waals surface area contributed by atoms with Crippen molar-refractivity contribution >= 4 is 11.8 Å². The van der Waals surface area contributed by atoms with Crippen molar-refractivity contribution in [3.05, 3.63) is 30.1 Å². The highest BCUT2D eigenvalue weighted by Crippen LogP contribution is 2.26. The zero-order chi connectivity index (χ0) is 13.1. The third-order valence-corrected chi connectivity index (χ3v) is 5.21. The van der Waals surface area contributed by atoms with Crippen LogP contribution in [0.25, 0.3) is 0 Å². The molecule has 1 N–H and O–H groups in total. The van der Waals surface area contributed by atoms with E-state index in [1.165, 1.54) is 38.5 Å². The van der Waals surface area contributed by atoms with Gasteiger partial charge in [0.25, 0.3) is 0 Å². The van der Waals surface area contributed by atoms with E-state index in [1.54, 1.807) is 17.8 Å². The molecule has 1 aromatic carbocycles. The van der Waals surface area contributed by atoms with E-state index < -0.39 is 0 Å². The Hall–Kier alpha value is -0.580. The summed E-state index contributed by atoms with van der Waals surface area (Å²) in [5.41, 5.74) is 0. The molecule has 2 nitrogen and oxygen atoms in total. The van der Waals surface area contributed by atoms with Crippen LogP contribution < -0.4 is 5.32 Å². The average Bonchev–Trinajstić information content (AvgIpc) is 2.83. The minimum atomic E-state index is -0.0933. The lowest BCUT2D eigenvalue weighted by atomic mass is 9.94. The number of fused-ring (bicyclic) bond motifs is 1. The molecule has 2 atom stereocenters. The summed E-state index contributed by atoms with van der Waals surface area (Å²) < 4.78 is 13.5. The Morgan fingerprint density at radius 1 is 1.32 bits per heavy atom. The molecule has 2 unspecified atom stereocenters. The SMILES string of the molecule is Fc1ccccc1SCCN1CC2CCCNC2C1. The van der Waals surface area contributed by atoms with Crippen LogP contribution in [0.3, 0.4) is 0 Å². The van der Waals surface area contributed by atoms with Crippen LogP contribution in [0.15, 0.2) is 29.2 Å². The van der Waals surface area contributed by atoms with Gasteiger partial charge in [-0.2, -0.15) is 0 Å². The largest absolute Gasteiger partial charge is 0.312 e. The van der Waals surface area contributed by atoms with Crippen LogP contribution in [0.2, 0.25) is 0 Å². The van der Waals surface area contributed by atoms with Crippen LogP contribution in [0.5, 0.6) is 0 Å². The third-order valence-electron chi connectivity index (χ3n) is 4.18. The molecule has 0 amide bonds. The van der Waals surface area contributed by atoms with Gasteiger partial charge in [-0.15, -0.1) is 11.8 Å². The molecule has 2 fully saturated rings. The normalized spacial score (nSPS) is 27.4. The van der Waals surface area contributed by atoms with E-state index >= 15 is 0 Å². The second-order valence-corrected chi connectivity index (χ2v) is 6.64. The molecule has 1 aromatic rings. The number of hydrogen-bond acceptors (Lipinski definition) is 3. The van der Waals surface area contributed by atoms with Crippen LogP contribution in [-0.4, -0.2) is 42.9 Å². The number of rotatable bonds is 4. The zero-order valence-corrected chi connectivity index (χ0v) is 12.0. The van der Waals surface area contributed by atoms with E-state index in [1.807, 2.05) is 12.1 Å². The minimum Gasteiger partial charge on any atom is -0.312 e. The van der Waals surface area contributed by atoms with Gasteiger partial charge in [-0.3, -0.25) is 0 Å². The lowest BCUT2D eigenvalue weighted by molar-refractivity contribution is 0.332. The van der Waals surface area contributed by atoms with Gasteiger partial charge in [0.2, 0.25) is 0 Å². The van der Waals surface area contributed by atoms with Crippen LogP contribution in [-0.2, 0) is 0 Å². The number of halogens is 1. The van der Waals surface area contributed by atoms with Crippen molar-refractivity contribution in [2.24, 2.45) is 5.92 Å². The van der Waals surface area contributed by atoms with Gasteiger partial charge in [0, 0.05) is 36.3 Å². The molecule has 104 valence electrons. The summed E-state index contributed by atoms with van der Waals surface area (Å²) in [6, 6.07) is 7.75. The molecule has 4 heteroatoms. The minimum absolute atomic E-state index is 0.0933. The Balaban J connectivity index is 1.45. The lowest BCUT2D eigenvalue weighted by Crippen LogP contribution is -2.40. The van der Waals surface area contributed by atoms with E-state index in [9.17, 15) is 4.39 Å². The maximum absolute atomic E-state index is 13.5. The fourth-order valence-electron chi connectivity index (χ4n) is 3.17. The smallest absolute Gasteiger partial charge is 0.136 e. The van der Waals surface area contributed by atoms with Crippen molar-refractivity contribution in [2.45, 2.75) is 23.8 Å². The summed E-state index contributed by atoms with van der Waals surface area (Å²) in [6.45, 7) is 4.63. The van der Waals surface area contributed by atoms with E-state index in [4.69, 9.17) is 0 Å². The molecule has 2 aliphatic rings. The molecular weight excluding hydrogens is 259 g/mol. The standard InChI is InChI=1S/C15H21FN2S/c16-13-5-1-2-6-15(13)19-9-8-18-10-12-4-3-7-17-14(12)11-18/h1-2,5-6,12,14,17H,3-4,7-11H2. The summed E-state index contributed by atoms with van der Waals surface area (Å²) in [7, 11) is 0. The second kappa shape index (κ2) is 6.25. The Labute approximate surface area is 118 Å². The molecule has 2 saturated heterocycles. The summed E-state index contributed by atoms with van der Waals surface area (Å²) in [5, 5.41) is 3.62. The molecule has 2 aliphatic heterocycles. The van der Waals surface area contributed by atoms with Crippen molar-refractivity contribution in [1.29, 1.82) is 0 Å². The average molecular weight is 280 g/mol. The summed E-state index contributed by atoms with van der Waals surface area (Å²) in [6.07, 6.45) is 2.69. The first kappa shape index (κ1) is 13.4. The highest BCUT2D eigenvalue weighted by molar-refractivity contribution is 7.99. The van der Waals surface area contributed by atoms with Gasteiger partial charge in [-0.1, -0.05) is 12.1 Å². The Morgan fingerprint density at radius 2 is 2.21 bits per heavy atom. The Morgan fingerprint density at radius 3 is 3.05 bits per heavy atom. The van der Waals surface area contributed by atoms with Crippen molar-refractivity contribution in [1.82, 2.24) is 10.2 Å². The molecule has 3 rings (SSSR count). The predicted molar refractivity (Wildman–Crippen MR) is 78.1 cm³/mol. The number of thioether (sulfide) groups is 1. The predicted octanol–water partition coefficient (Wildman–Crippen LogP) is 2.60. The molecular formula is C15H21FN2S. The Bertz CT molecular complexity index is 412. The van der Waals surface area contributed by atoms with E-state index in [0.717, 1.165) is 23.1 Å². The van der Waals surface area contributed by atoms with Crippen molar-refractivity contribution in [3.63, 3.8) is 0 Å². The number of hydrogen-bond donors (Lipinski definition) is 1. The van der Waals surface area contributed by atoms with Gasteiger partial charge in [-0.05, 0) is 37.4 Å². The summed E-state index contributed by atoms with van der Waals surface area (Å²) in [5.74, 6) is 1.72. The lowest BCUT2D eigenvalue weighted by Gasteiger charge is -2.24. The van der Waals surface area contributed by atoms with Crippen LogP contribution >= 0.6 is 11.8 Å². The number of nitrogens with zero attached hydrogens (tertiary/aromatic N) is 1. The zero-order valence-electron chi connectivity index (χ0n) is 11.1. The topological polar surface area (TPSA) is 15.3 Å². The summed E-state index contributed by atoms with van der Waals surface area (Å²) in [4.78, 5) is 3.30. The van der Waals surface area contributed by atoms with E-state index in [0.29, 0.717) is 6.04 Å². The number of benzene rings is 1. The first-order valence-electron chi connectivity index (χ1n) is 7.16. The van der Waals surface area contributed by atoms with Crippen molar-refractivity contribution in [3.8, 4) is 0 Å². The van der Waals surface area contributed by atoms with Crippen molar-refractivity contribution < 1.29 is 4.39 Å². The molecule has 0 bridgehead atoms. The van der Waals surface area contributed by atoms with Gasteiger partial charge in [0.05, 0.1) is 0 Å². The molecule has 0 aliphatic carbocycles. The molecule has 0 spiro atoms. The third kappa shape index (κ3) is 3.30. The number of piperidine rings is 1. The van der Waals surface area contributed by atoms with Gasteiger partial charge in [0.1, 0.15) is 5.82 Å². The first-order valence-corrected chi connectivity index (χ1v) is 8.14. The fraction of sp³-hybridized carbons (Fsp3) is 0.600. The monoisotopic (exact) mass is 280 g/mol. The van der Waals surface area contributed by atoms with Crippen LogP contribution in [0, 0.1) is 11.7 Å². The Kier molecular flexibility index (Phi) is 4.41. The maximum Gasteiger partial charge on any atom is 0.136 e. The highest BCUT2D eigenvalue weighted by atomic mass is 32.2. The quantitative estimate of drug-likeness (QED) is 0.854. The van der Waals surface area contributed by atoms with Gasteiger partial charge in [-0.25, -0.2) is 4.39 Å². The summed E-state index contributed by atoms with van der Waals surface area (Å²) >= 11 is 1.63. The maximum atomic E-state index is 13.5. The number of nitrogens with one attached hydrogen (secondary N) is 1. The second-order valence-electron chi connectivity index (χ2n) is 5.50. The number of likely N-dealkylation sites (tertiary alicyclic amines) is 1. The van der Waals surface area contributed by atoms with Gasteiger partial charge in [0.15, 0.2) is 0 Å².